The first-order chi connectivity index (χ1) is 15.7. The van der Waals surface area contributed by atoms with Gasteiger partial charge in [0.25, 0.3) is 5.91 Å². The molecule has 0 N–H and O–H groups in total. The van der Waals surface area contributed by atoms with E-state index >= 15 is 0 Å². The lowest BCUT2D eigenvalue weighted by Crippen LogP contribution is -2.32. The van der Waals surface area contributed by atoms with Gasteiger partial charge in [0.2, 0.25) is 5.91 Å². The van der Waals surface area contributed by atoms with Gasteiger partial charge in [0.1, 0.15) is 11.5 Å². The van der Waals surface area contributed by atoms with Crippen molar-refractivity contribution in [1.29, 1.82) is 0 Å². The normalized spacial score (nSPS) is 19.1. The highest BCUT2D eigenvalue weighted by atomic mass is 16.5. The molecule has 0 bridgehead atoms. The number of ether oxygens (including phenoxy) is 1. The second kappa shape index (κ2) is 8.82. The lowest BCUT2D eigenvalue weighted by Gasteiger charge is -2.25. The molecule has 1 aliphatic carbocycles. The number of carbonyl (C=O) groups excluding carboxylic acids is 2. The lowest BCUT2D eigenvalue weighted by molar-refractivity contribution is -0.125. The zero-order chi connectivity index (χ0) is 23.8. The van der Waals surface area contributed by atoms with E-state index in [0.717, 1.165) is 23.3 Å². The van der Waals surface area contributed by atoms with Crippen molar-refractivity contribution in [3.05, 3.63) is 59.7 Å². The van der Waals surface area contributed by atoms with Crippen molar-refractivity contribution in [3.63, 3.8) is 0 Å². The first-order valence-electron chi connectivity index (χ1n) is 10.9. The molecule has 172 valence electrons. The van der Waals surface area contributed by atoms with E-state index in [2.05, 4.69) is 26.0 Å². The van der Waals surface area contributed by atoms with Crippen LogP contribution >= 0.6 is 0 Å². The van der Waals surface area contributed by atoms with Gasteiger partial charge < -0.3 is 9.64 Å². The molecule has 33 heavy (non-hydrogen) atoms. The minimum absolute atomic E-state index is 0.0170. The number of hydrogen-bond donors (Lipinski definition) is 0. The van der Waals surface area contributed by atoms with Gasteiger partial charge in [0.05, 0.1) is 24.4 Å². The molecule has 3 heterocycles. The van der Waals surface area contributed by atoms with Crippen LogP contribution in [0.4, 0.5) is 5.82 Å². The fourth-order valence-electron chi connectivity index (χ4n) is 4.18. The second-order valence-corrected chi connectivity index (χ2v) is 8.88. The van der Waals surface area contributed by atoms with Gasteiger partial charge in [-0.15, -0.1) is 0 Å². The summed E-state index contributed by atoms with van der Waals surface area (Å²) >= 11 is 0. The Balaban J connectivity index is 1.65. The number of fused-ring (bicyclic) bond motifs is 1. The van der Waals surface area contributed by atoms with E-state index in [9.17, 15) is 9.59 Å². The molecule has 0 radical (unpaired) electrons. The topological polar surface area (TPSA) is 101 Å². The molecule has 1 aliphatic heterocycles. The number of nitrogens with zero attached hydrogens (tertiary/aromatic N) is 6. The van der Waals surface area contributed by atoms with Gasteiger partial charge in [-0.2, -0.15) is 0 Å². The molecular formula is C24H28N6O3. The van der Waals surface area contributed by atoms with Crippen LogP contribution in [-0.2, 0) is 9.53 Å². The molecule has 1 fully saturated rings. The summed E-state index contributed by atoms with van der Waals surface area (Å²) in [5.74, 6) is 0.831. The summed E-state index contributed by atoms with van der Waals surface area (Å²) in [7, 11) is 3.27. The van der Waals surface area contributed by atoms with Crippen LogP contribution < -0.4 is 4.90 Å². The lowest BCUT2D eigenvalue weighted by atomic mass is 9.75. The van der Waals surface area contributed by atoms with Crippen LogP contribution in [0.1, 0.15) is 42.1 Å². The number of rotatable bonds is 6. The minimum Gasteiger partial charge on any atom is -0.383 e. The number of allylic oxidation sites excluding steroid dienone is 4. The Hall–Kier alpha value is -3.46. The average Bonchev–Trinajstić information content (AvgIpc) is 3.02. The Labute approximate surface area is 193 Å². The highest BCUT2D eigenvalue weighted by molar-refractivity contribution is 6.04. The number of methoxy groups -OCH3 is 1. The average molecular weight is 449 g/mol. The number of anilines is 1. The molecule has 2 aliphatic rings. The van der Waals surface area contributed by atoms with Crippen LogP contribution in [0.25, 0.3) is 5.57 Å². The number of amides is 2. The van der Waals surface area contributed by atoms with Crippen LogP contribution in [0.5, 0.6) is 0 Å². The summed E-state index contributed by atoms with van der Waals surface area (Å²) in [5, 5.41) is 0. The third kappa shape index (κ3) is 4.16. The van der Waals surface area contributed by atoms with Gasteiger partial charge in [-0.1, -0.05) is 19.9 Å². The van der Waals surface area contributed by atoms with Crippen molar-refractivity contribution < 1.29 is 14.3 Å². The number of aromatic nitrogens is 4. The van der Waals surface area contributed by atoms with Crippen molar-refractivity contribution >= 4 is 23.2 Å². The van der Waals surface area contributed by atoms with E-state index in [1.54, 1.807) is 31.5 Å². The van der Waals surface area contributed by atoms with Crippen LogP contribution in [0.2, 0.25) is 0 Å². The maximum Gasteiger partial charge on any atom is 0.273 e. The van der Waals surface area contributed by atoms with Gasteiger partial charge in [0, 0.05) is 50.3 Å². The molecule has 2 aromatic heterocycles. The summed E-state index contributed by atoms with van der Waals surface area (Å²) < 4.78 is 5.02. The maximum atomic E-state index is 13.4. The molecule has 2 aromatic rings. The van der Waals surface area contributed by atoms with Crippen LogP contribution in [0.15, 0.2) is 42.6 Å². The number of aryl methyl sites for hydroxylation is 1. The monoisotopic (exact) mass is 448 g/mol. The molecular weight excluding hydrogens is 420 g/mol. The third-order valence-electron chi connectivity index (χ3n) is 6.30. The molecule has 0 saturated carbocycles. The summed E-state index contributed by atoms with van der Waals surface area (Å²) in [4.78, 5) is 46.5. The number of likely N-dealkylation sites (N-methyl/N-ethyl adjacent to an activating group) is 1. The van der Waals surface area contributed by atoms with Crippen molar-refractivity contribution in [2.24, 2.45) is 11.3 Å². The first kappa shape index (κ1) is 22.7. The molecule has 0 spiro atoms. The fraction of sp³-hybridized carbons (Fsp3) is 0.417. The van der Waals surface area contributed by atoms with Gasteiger partial charge >= 0.3 is 0 Å². The van der Waals surface area contributed by atoms with E-state index in [4.69, 9.17) is 4.74 Å². The Morgan fingerprint density at radius 1 is 1.18 bits per heavy atom. The molecule has 4 rings (SSSR count). The highest BCUT2D eigenvalue weighted by Gasteiger charge is 2.52. The molecule has 1 saturated heterocycles. The van der Waals surface area contributed by atoms with Crippen molar-refractivity contribution in [3.8, 4) is 0 Å². The van der Waals surface area contributed by atoms with Crippen molar-refractivity contribution in [2.45, 2.75) is 27.2 Å². The third-order valence-corrected chi connectivity index (χ3v) is 6.30. The summed E-state index contributed by atoms with van der Waals surface area (Å²) in [6, 6.07) is 0. The second-order valence-electron chi connectivity index (χ2n) is 8.88. The fourth-order valence-corrected chi connectivity index (χ4v) is 4.18. The Bertz CT molecular complexity index is 1120. The SMILES string of the molecule is COCCN(C)C(=O)c1cnc(N2C(=O)C(C)(C)C3CC=C(c4cnc(C)nc4)C=C32)cn1. The predicted molar refractivity (Wildman–Crippen MR) is 123 cm³/mol. The molecule has 2 amide bonds. The van der Waals surface area contributed by atoms with Crippen LogP contribution in [0, 0.1) is 18.3 Å². The quantitative estimate of drug-likeness (QED) is 0.669. The van der Waals surface area contributed by atoms with Crippen molar-refractivity contribution in [2.75, 3.05) is 32.2 Å². The van der Waals surface area contributed by atoms with E-state index in [0.29, 0.717) is 24.8 Å². The van der Waals surface area contributed by atoms with Gasteiger partial charge in [-0.3, -0.25) is 14.5 Å². The summed E-state index contributed by atoms with van der Waals surface area (Å²) in [6.45, 7) is 6.64. The Morgan fingerprint density at radius 3 is 2.55 bits per heavy atom. The summed E-state index contributed by atoms with van der Waals surface area (Å²) in [6.07, 6.45) is 11.3. The van der Waals surface area contributed by atoms with Crippen LogP contribution in [-0.4, -0.2) is 64.0 Å². The minimum atomic E-state index is -0.589. The maximum absolute atomic E-state index is 13.4. The molecule has 1 atom stereocenters. The number of hydrogen-bond acceptors (Lipinski definition) is 7. The number of carbonyl (C=O) groups is 2. The van der Waals surface area contributed by atoms with E-state index in [1.807, 2.05) is 26.8 Å². The standard InChI is InChI=1S/C24H28N6O3/c1-15-25-11-17(12-26-15)16-6-7-18-20(10-16)30(23(32)24(18,2)3)21-14-27-19(13-28-21)22(31)29(4)8-9-33-5/h6,10-14,18H,7-9H2,1-5H3. The molecule has 0 aromatic carbocycles. The molecule has 9 nitrogen and oxygen atoms in total. The zero-order valence-electron chi connectivity index (χ0n) is 19.6. The Morgan fingerprint density at radius 2 is 1.91 bits per heavy atom. The highest BCUT2D eigenvalue weighted by Crippen LogP contribution is 2.49. The van der Waals surface area contributed by atoms with E-state index in [1.165, 1.54) is 17.3 Å². The van der Waals surface area contributed by atoms with E-state index < -0.39 is 5.41 Å². The largest absolute Gasteiger partial charge is 0.383 e. The van der Waals surface area contributed by atoms with Gasteiger partial charge in [-0.25, -0.2) is 19.9 Å². The van der Waals surface area contributed by atoms with Gasteiger partial charge in [0.15, 0.2) is 5.82 Å². The Kier molecular flexibility index (Phi) is 6.07. The zero-order valence-corrected chi connectivity index (χ0v) is 19.6. The van der Waals surface area contributed by atoms with Gasteiger partial charge in [-0.05, 0) is 25.0 Å². The van der Waals surface area contributed by atoms with Crippen LogP contribution in [0.3, 0.4) is 0 Å². The van der Waals surface area contributed by atoms with E-state index in [-0.39, 0.29) is 23.4 Å². The molecule has 9 heteroatoms. The smallest absolute Gasteiger partial charge is 0.273 e. The predicted octanol–water partition coefficient (Wildman–Crippen LogP) is 2.65. The molecule has 1 unspecified atom stereocenters. The summed E-state index contributed by atoms with van der Waals surface area (Å²) in [5.41, 5.74) is 2.36. The van der Waals surface area contributed by atoms with Crippen molar-refractivity contribution in [1.82, 2.24) is 24.8 Å². The first-order valence-corrected chi connectivity index (χ1v) is 10.9.